The van der Waals surface area contributed by atoms with Gasteiger partial charge in [-0.2, -0.15) is 0 Å². The molecule has 7 nitrogen and oxygen atoms in total. The minimum atomic E-state index is -0.883. The molecule has 2 aromatic carbocycles. The second kappa shape index (κ2) is 10.3. The maximum Gasteiger partial charge on any atom is 0.407 e. The van der Waals surface area contributed by atoms with E-state index in [1.807, 2.05) is 38.1 Å². The number of nitrogens with one attached hydrogen (secondary N) is 2. The van der Waals surface area contributed by atoms with Gasteiger partial charge in [-0.25, -0.2) is 4.79 Å². The fourth-order valence-corrected chi connectivity index (χ4v) is 3.99. The van der Waals surface area contributed by atoms with E-state index in [4.69, 9.17) is 9.84 Å². The largest absolute Gasteiger partial charge is 0.481 e. The summed E-state index contributed by atoms with van der Waals surface area (Å²) >= 11 is 0. The zero-order valence-electron chi connectivity index (χ0n) is 18.5. The molecule has 0 atom stereocenters. The number of carboxylic acids is 1. The molecule has 3 rings (SSSR count). The van der Waals surface area contributed by atoms with Crippen molar-refractivity contribution in [3.8, 4) is 11.1 Å². The Morgan fingerprint density at radius 3 is 2.16 bits per heavy atom. The van der Waals surface area contributed by atoms with E-state index in [9.17, 15) is 14.4 Å². The zero-order chi connectivity index (χ0) is 23.1. The molecule has 0 saturated heterocycles. The molecule has 7 heteroatoms. The highest BCUT2D eigenvalue weighted by molar-refractivity contribution is 5.79. The highest BCUT2D eigenvalue weighted by Crippen LogP contribution is 2.44. The molecule has 32 heavy (non-hydrogen) atoms. The third-order valence-electron chi connectivity index (χ3n) is 5.58. The number of fused-ring (bicyclic) bond motifs is 3. The standard InChI is InChI=1S/C25H30N2O5/c1-25(2,14-22(28)26-13-7-12-23(29)30)16-27-24(31)32-15-21-19-10-5-3-8-17(19)18-9-4-6-11-20(18)21/h3-6,8-11,21H,7,12-16H2,1-2H3,(H,26,28)(H,27,31)(H,29,30). The predicted octanol–water partition coefficient (Wildman–Crippen LogP) is 3.92. The third-order valence-corrected chi connectivity index (χ3v) is 5.58. The number of carbonyl (C=O) groups excluding carboxylic acids is 2. The van der Waals surface area contributed by atoms with E-state index < -0.39 is 17.5 Å². The first-order valence-corrected chi connectivity index (χ1v) is 10.8. The molecule has 1 aliphatic rings. The Morgan fingerprint density at radius 1 is 0.969 bits per heavy atom. The molecule has 170 valence electrons. The topological polar surface area (TPSA) is 105 Å². The Bertz CT molecular complexity index is 940. The monoisotopic (exact) mass is 438 g/mol. The number of carbonyl (C=O) groups is 3. The Morgan fingerprint density at radius 2 is 1.56 bits per heavy atom. The number of hydrogen-bond donors (Lipinski definition) is 3. The van der Waals surface area contributed by atoms with Crippen LogP contribution < -0.4 is 10.6 Å². The molecular formula is C25H30N2O5. The van der Waals surface area contributed by atoms with Gasteiger partial charge in [0, 0.05) is 31.8 Å². The van der Waals surface area contributed by atoms with Gasteiger partial charge in [-0.15, -0.1) is 0 Å². The lowest BCUT2D eigenvalue weighted by Gasteiger charge is -2.24. The Kier molecular flexibility index (Phi) is 7.51. The number of hydrogen-bond acceptors (Lipinski definition) is 4. The molecule has 0 spiro atoms. The third kappa shape index (κ3) is 6.09. The van der Waals surface area contributed by atoms with Crippen molar-refractivity contribution >= 4 is 18.0 Å². The lowest BCUT2D eigenvalue weighted by atomic mass is 9.89. The van der Waals surface area contributed by atoms with Crippen LogP contribution in [-0.2, 0) is 14.3 Å². The predicted molar refractivity (Wildman–Crippen MR) is 121 cm³/mol. The maximum absolute atomic E-state index is 12.3. The molecule has 0 aromatic heterocycles. The van der Waals surface area contributed by atoms with Gasteiger partial charge in [-0.05, 0) is 34.1 Å². The van der Waals surface area contributed by atoms with E-state index >= 15 is 0 Å². The van der Waals surface area contributed by atoms with Crippen LogP contribution in [0.4, 0.5) is 4.79 Å². The number of carboxylic acid groups (broad SMARTS) is 1. The molecule has 0 radical (unpaired) electrons. The van der Waals surface area contributed by atoms with Gasteiger partial charge in [0.2, 0.25) is 5.91 Å². The molecule has 0 fully saturated rings. The van der Waals surface area contributed by atoms with Crippen molar-refractivity contribution in [1.82, 2.24) is 10.6 Å². The van der Waals surface area contributed by atoms with E-state index in [2.05, 4.69) is 34.9 Å². The second-order valence-electron chi connectivity index (χ2n) is 8.87. The lowest BCUT2D eigenvalue weighted by Crippen LogP contribution is -2.38. The summed E-state index contributed by atoms with van der Waals surface area (Å²) in [5, 5.41) is 14.1. The van der Waals surface area contributed by atoms with E-state index in [0.717, 1.165) is 11.1 Å². The number of ether oxygens (including phenoxy) is 1. The molecule has 2 amide bonds. The van der Waals surface area contributed by atoms with E-state index in [1.165, 1.54) is 11.1 Å². The van der Waals surface area contributed by atoms with E-state index in [0.29, 0.717) is 13.0 Å². The molecular weight excluding hydrogens is 408 g/mol. The quantitative estimate of drug-likeness (QED) is 0.488. The van der Waals surface area contributed by atoms with Crippen LogP contribution in [0.25, 0.3) is 11.1 Å². The molecule has 0 bridgehead atoms. The van der Waals surface area contributed by atoms with Crippen molar-refractivity contribution in [1.29, 1.82) is 0 Å². The van der Waals surface area contributed by atoms with Crippen LogP contribution in [0.15, 0.2) is 48.5 Å². The summed E-state index contributed by atoms with van der Waals surface area (Å²) < 4.78 is 5.54. The number of aliphatic carboxylic acids is 1. The molecule has 3 N–H and O–H groups in total. The molecule has 2 aromatic rings. The number of benzene rings is 2. The van der Waals surface area contributed by atoms with Crippen molar-refractivity contribution < 1.29 is 24.2 Å². The van der Waals surface area contributed by atoms with Crippen LogP contribution in [0, 0.1) is 5.41 Å². The maximum atomic E-state index is 12.3. The Hall–Kier alpha value is -3.35. The van der Waals surface area contributed by atoms with Gasteiger partial charge < -0.3 is 20.5 Å². The fourth-order valence-electron chi connectivity index (χ4n) is 3.99. The highest BCUT2D eigenvalue weighted by Gasteiger charge is 2.29. The lowest BCUT2D eigenvalue weighted by molar-refractivity contribution is -0.137. The minimum Gasteiger partial charge on any atom is -0.481 e. The van der Waals surface area contributed by atoms with Crippen molar-refractivity contribution in [2.45, 2.75) is 39.0 Å². The van der Waals surface area contributed by atoms with Crippen LogP contribution in [0.2, 0.25) is 0 Å². The molecule has 0 aliphatic heterocycles. The van der Waals surface area contributed by atoms with Gasteiger partial charge >= 0.3 is 12.1 Å². The number of amides is 2. The van der Waals surface area contributed by atoms with Crippen molar-refractivity contribution in [2.75, 3.05) is 19.7 Å². The summed E-state index contributed by atoms with van der Waals surface area (Å²) in [6, 6.07) is 16.3. The summed E-state index contributed by atoms with van der Waals surface area (Å²) in [4.78, 5) is 34.9. The van der Waals surface area contributed by atoms with Gasteiger partial charge in [-0.1, -0.05) is 62.4 Å². The van der Waals surface area contributed by atoms with Gasteiger partial charge in [0.05, 0.1) is 0 Å². The van der Waals surface area contributed by atoms with Crippen molar-refractivity contribution in [3.05, 3.63) is 59.7 Å². The van der Waals surface area contributed by atoms with Gasteiger partial charge in [0.1, 0.15) is 6.61 Å². The van der Waals surface area contributed by atoms with Gasteiger partial charge in [0.25, 0.3) is 0 Å². The van der Waals surface area contributed by atoms with Crippen LogP contribution >= 0.6 is 0 Å². The smallest absolute Gasteiger partial charge is 0.407 e. The normalized spacial score (nSPS) is 12.6. The number of rotatable bonds is 10. The zero-order valence-corrected chi connectivity index (χ0v) is 18.5. The summed E-state index contributed by atoms with van der Waals surface area (Å²) in [5.41, 5.74) is 4.19. The molecule has 1 aliphatic carbocycles. The van der Waals surface area contributed by atoms with E-state index in [1.54, 1.807) is 0 Å². The minimum absolute atomic E-state index is 0.00209. The molecule has 0 unspecified atom stereocenters. The van der Waals surface area contributed by atoms with Gasteiger partial charge in [0.15, 0.2) is 0 Å². The van der Waals surface area contributed by atoms with Crippen LogP contribution in [0.1, 0.15) is 50.2 Å². The van der Waals surface area contributed by atoms with Crippen molar-refractivity contribution in [3.63, 3.8) is 0 Å². The first-order valence-electron chi connectivity index (χ1n) is 10.8. The van der Waals surface area contributed by atoms with E-state index in [-0.39, 0.29) is 37.8 Å². The average Bonchev–Trinajstić information content (AvgIpc) is 3.07. The summed E-state index contributed by atoms with van der Waals surface area (Å²) in [5.74, 6) is -1.06. The Balaban J connectivity index is 1.46. The molecule has 0 saturated carbocycles. The first-order chi connectivity index (χ1) is 15.3. The Labute approximate surface area is 188 Å². The first kappa shape index (κ1) is 23.3. The van der Waals surface area contributed by atoms with Gasteiger partial charge in [-0.3, -0.25) is 9.59 Å². The van der Waals surface area contributed by atoms with Crippen LogP contribution in [0.5, 0.6) is 0 Å². The highest BCUT2D eigenvalue weighted by atomic mass is 16.5. The summed E-state index contributed by atoms with van der Waals surface area (Å²) in [6.07, 6.45) is 0.109. The van der Waals surface area contributed by atoms with Crippen LogP contribution in [0.3, 0.4) is 0 Å². The summed E-state index contributed by atoms with van der Waals surface area (Å²) in [7, 11) is 0. The SMILES string of the molecule is CC(C)(CNC(=O)OCC1c2ccccc2-c2ccccc21)CC(=O)NCCCC(=O)O. The molecule has 0 heterocycles. The summed E-state index contributed by atoms with van der Waals surface area (Å²) in [6.45, 7) is 4.61. The fraction of sp³-hybridized carbons (Fsp3) is 0.400. The average molecular weight is 439 g/mol. The second-order valence-corrected chi connectivity index (χ2v) is 8.87. The van der Waals surface area contributed by atoms with Crippen molar-refractivity contribution in [2.24, 2.45) is 5.41 Å². The van der Waals surface area contributed by atoms with Crippen LogP contribution in [-0.4, -0.2) is 42.8 Å². The number of alkyl carbamates (subject to hydrolysis) is 1.